The number of carbonyl (C=O) groups excluding carboxylic acids is 7. The first-order chi connectivity index (χ1) is 33.6. The molecule has 0 unspecified atom stereocenters. The molecule has 2 aliphatic heterocycles. The number of carboxylic acid groups (broad SMARTS) is 1. The molecule has 0 aromatic heterocycles. The Bertz CT molecular complexity index is 2280. The zero-order valence-corrected chi connectivity index (χ0v) is 39.3. The Labute approximate surface area is 406 Å². The number of nitrogens with zero attached hydrogens (tertiary/aromatic N) is 2. The lowest BCUT2D eigenvalue weighted by molar-refractivity contribution is -0.149. The minimum absolute atomic E-state index is 0.000689. The van der Waals surface area contributed by atoms with E-state index in [9.17, 15) is 43.5 Å². The summed E-state index contributed by atoms with van der Waals surface area (Å²) in [6.07, 6.45) is 2.61. The summed E-state index contributed by atoms with van der Waals surface area (Å²) in [6, 6.07) is 17.6. The SMILES string of the molecule is C[C@H](NC(=O)[C@H](CN)NC(=O)[C@H](Cc1ccccc1)NC(=O)[C@H](Cc1ccccc1)NC(=O)[C@@H](CCCN=C(N)N)NC(=O)[C@@H]1CCCN1)C(=O)N[C@@H](Cc1ccccc1)C(=O)N1CCC[C@@H]1C(=O)O. The van der Waals surface area contributed by atoms with Gasteiger partial charge in [0.1, 0.15) is 42.3 Å². The molecular formula is C49H66N12O9. The highest BCUT2D eigenvalue weighted by Crippen LogP contribution is 2.20. The van der Waals surface area contributed by atoms with Gasteiger partial charge in [-0.15, -0.1) is 0 Å². The number of nitrogens with one attached hydrogen (secondary N) is 7. The number of carbonyl (C=O) groups is 8. The Kier molecular flexibility index (Phi) is 20.6. The fourth-order valence-corrected chi connectivity index (χ4v) is 8.33. The van der Waals surface area contributed by atoms with E-state index in [1.165, 1.54) is 11.8 Å². The maximum atomic E-state index is 14.4. The third kappa shape index (κ3) is 16.4. The molecule has 3 aromatic carbocycles. The summed E-state index contributed by atoms with van der Waals surface area (Å²) in [5, 5.41) is 29.1. The summed E-state index contributed by atoms with van der Waals surface area (Å²) in [6.45, 7) is 2.01. The predicted molar refractivity (Wildman–Crippen MR) is 260 cm³/mol. The van der Waals surface area contributed by atoms with Gasteiger partial charge < -0.3 is 64.4 Å². The van der Waals surface area contributed by atoms with Crippen LogP contribution in [0.5, 0.6) is 0 Å². The molecule has 376 valence electrons. The van der Waals surface area contributed by atoms with Gasteiger partial charge in [0.25, 0.3) is 0 Å². The van der Waals surface area contributed by atoms with Gasteiger partial charge in [-0.25, -0.2) is 4.79 Å². The lowest BCUT2D eigenvalue weighted by Gasteiger charge is -2.29. The molecule has 0 aliphatic carbocycles. The van der Waals surface area contributed by atoms with Gasteiger partial charge >= 0.3 is 5.97 Å². The van der Waals surface area contributed by atoms with Crippen molar-refractivity contribution in [1.29, 1.82) is 0 Å². The average Bonchev–Trinajstić information content (AvgIpc) is 4.08. The molecule has 3 aromatic rings. The van der Waals surface area contributed by atoms with Gasteiger partial charge in [0.2, 0.25) is 41.4 Å². The minimum atomic E-state index is -1.40. The molecule has 21 nitrogen and oxygen atoms in total. The van der Waals surface area contributed by atoms with E-state index in [-0.39, 0.29) is 57.1 Å². The normalized spacial score (nSPS) is 17.8. The van der Waals surface area contributed by atoms with Gasteiger partial charge in [-0.2, -0.15) is 0 Å². The number of nitrogens with two attached hydrogens (primary N) is 3. The summed E-state index contributed by atoms with van der Waals surface area (Å²) < 4.78 is 0. The summed E-state index contributed by atoms with van der Waals surface area (Å²) in [5.74, 6) is -5.99. The molecule has 14 N–H and O–H groups in total. The van der Waals surface area contributed by atoms with Gasteiger partial charge in [0, 0.05) is 38.9 Å². The molecule has 2 fully saturated rings. The Morgan fingerprint density at radius 3 is 1.61 bits per heavy atom. The van der Waals surface area contributed by atoms with Crippen LogP contribution in [0.15, 0.2) is 96.0 Å². The molecule has 2 saturated heterocycles. The lowest BCUT2D eigenvalue weighted by atomic mass is 10.0. The van der Waals surface area contributed by atoms with Crippen LogP contribution >= 0.6 is 0 Å². The van der Waals surface area contributed by atoms with Gasteiger partial charge in [-0.1, -0.05) is 91.0 Å². The van der Waals surface area contributed by atoms with Crippen molar-refractivity contribution in [2.75, 3.05) is 26.2 Å². The largest absolute Gasteiger partial charge is 0.480 e. The molecule has 5 rings (SSSR count). The molecular weight excluding hydrogens is 901 g/mol. The maximum Gasteiger partial charge on any atom is 0.326 e. The Morgan fingerprint density at radius 2 is 1.13 bits per heavy atom. The monoisotopic (exact) mass is 967 g/mol. The predicted octanol–water partition coefficient (Wildman–Crippen LogP) is -1.52. The Morgan fingerprint density at radius 1 is 0.643 bits per heavy atom. The summed E-state index contributed by atoms with van der Waals surface area (Å²) in [4.78, 5) is 114. The first-order valence-corrected chi connectivity index (χ1v) is 23.6. The van der Waals surface area contributed by atoms with Gasteiger partial charge in [0.05, 0.1) is 6.04 Å². The number of rotatable bonds is 25. The van der Waals surface area contributed by atoms with Crippen LogP contribution in [-0.2, 0) is 57.6 Å². The maximum absolute atomic E-state index is 14.4. The quantitative estimate of drug-likeness (QED) is 0.0262. The van der Waals surface area contributed by atoms with E-state index in [4.69, 9.17) is 17.2 Å². The highest BCUT2D eigenvalue weighted by molar-refractivity contribution is 5.98. The van der Waals surface area contributed by atoms with Crippen molar-refractivity contribution in [2.45, 2.75) is 113 Å². The number of hydrogen-bond acceptors (Lipinski definition) is 11. The number of aliphatic imine (C=N–C) groups is 1. The topological polar surface area (TPSA) is 335 Å². The van der Waals surface area contributed by atoms with Crippen molar-refractivity contribution in [3.63, 3.8) is 0 Å². The zero-order valence-electron chi connectivity index (χ0n) is 39.3. The molecule has 21 heteroatoms. The third-order valence-corrected chi connectivity index (χ3v) is 12.1. The third-order valence-electron chi connectivity index (χ3n) is 12.1. The van der Waals surface area contributed by atoms with E-state index < -0.39 is 96.3 Å². The van der Waals surface area contributed by atoms with Crippen molar-refractivity contribution < 1.29 is 43.5 Å². The number of benzene rings is 3. The second kappa shape index (κ2) is 27.0. The van der Waals surface area contributed by atoms with Crippen LogP contribution in [0.2, 0.25) is 0 Å². The molecule has 70 heavy (non-hydrogen) atoms. The fourth-order valence-electron chi connectivity index (χ4n) is 8.33. The zero-order chi connectivity index (χ0) is 50.6. The smallest absolute Gasteiger partial charge is 0.326 e. The van der Waals surface area contributed by atoms with E-state index in [0.29, 0.717) is 42.5 Å². The standard InChI is InChI=1S/C49H66N12O9/c1-30(41(62)59-38(28-33-18-9-4-10-19-33)47(68)61-25-13-22-40(61)48(69)70)55-46(67)39(29-50)60-45(66)37(27-32-16-7-3-8-17-32)58-44(65)36(26-31-14-5-2-6-15-31)57-43(64)35(21-12-24-54-49(51)52)56-42(63)34-20-11-23-53-34/h2-10,14-19,30,34-40,53H,11-13,20-29,50H2,1H3,(H,55,67)(H,56,63)(H,57,64)(H,58,65)(H,59,62)(H,60,66)(H,69,70)(H4,51,52,54)/t30-,34-,35+,36-,37-,38-,39-,40+/m0/s1. The molecule has 0 bridgehead atoms. The first kappa shape index (κ1) is 53.6. The number of hydrogen-bond donors (Lipinski definition) is 11. The van der Waals surface area contributed by atoms with E-state index >= 15 is 0 Å². The van der Waals surface area contributed by atoms with E-state index in [1.54, 1.807) is 91.0 Å². The second-order valence-electron chi connectivity index (χ2n) is 17.5. The summed E-state index contributed by atoms with van der Waals surface area (Å²) in [5.41, 5.74) is 19.1. The van der Waals surface area contributed by atoms with Crippen LogP contribution in [0.4, 0.5) is 0 Å². The minimum Gasteiger partial charge on any atom is -0.480 e. The van der Waals surface area contributed by atoms with Gasteiger partial charge in [0.15, 0.2) is 5.96 Å². The molecule has 0 radical (unpaired) electrons. The van der Waals surface area contributed by atoms with Crippen molar-refractivity contribution in [2.24, 2.45) is 22.2 Å². The van der Waals surface area contributed by atoms with Crippen LogP contribution in [0.1, 0.15) is 62.1 Å². The molecule has 7 amide bonds. The van der Waals surface area contributed by atoms with Crippen LogP contribution in [0.25, 0.3) is 0 Å². The summed E-state index contributed by atoms with van der Waals surface area (Å²) in [7, 11) is 0. The summed E-state index contributed by atoms with van der Waals surface area (Å²) >= 11 is 0. The van der Waals surface area contributed by atoms with Crippen LogP contribution in [-0.4, -0.2) is 138 Å². The van der Waals surface area contributed by atoms with Gasteiger partial charge in [-0.05, 0) is 68.7 Å². The van der Waals surface area contributed by atoms with E-state index in [2.05, 4.69) is 42.2 Å². The van der Waals surface area contributed by atoms with Crippen LogP contribution in [0.3, 0.4) is 0 Å². The highest BCUT2D eigenvalue weighted by Gasteiger charge is 2.39. The van der Waals surface area contributed by atoms with Gasteiger partial charge in [-0.3, -0.25) is 38.6 Å². The molecule has 2 heterocycles. The van der Waals surface area contributed by atoms with Crippen molar-refractivity contribution in [1.82, 2.24) is 42.1 Å². The Balaban J connectivity index is 1.31. The van der Waals surface area contributed by atoms with E-state index in [0.717, 1.165) is 6.42 Å². The highest BCUT2D eigenvalue weighted by atomic mass is 16.4. The number of guanidine groups is 1. The lowest BCUT2D eigenvalue weighted by Crippen LogP contribution is -2.61. The number of carboxylic acids is 1. The Hall–Kier alpha value is -7.39. The molecule has 2 aliphatic rings. The average molecular weight is 967 g/mol. The second-order valence-corrected chi connectivity index (χ2v) is 17.5. The molecule has 8 atom stereocenters. The van der Waals surface area contributed by atoms with E-state index in [1.807, 2.05) is 0 Å². The van der Waals surface area contributed by atoms with Crippen molar-refractivity contribution in [3.8, 4) is 0 Å². The first-order valence-electron chi connectivity index (χ1n) is 23.6. The van der Waals surface area contributed by atoms with Crippen LogP contribution in [0, 0.1) is 0 Å². The van der Waals surface area contributed by atoms with Crippen molar-refractivity contribution in [3.05, 3.63) is 108 Å². The number of aliphatic carboxylic acids is 1. The molecule has 0 spiro atoms. The van der Waals surface area contributed by atoms with Crippen molar-refractivity contribution >= 4 is 53.3 Å². The van der Waals surface area contributed by atoms with Crippen LogP contribution < -0.4 is 54.4 Å². The number of likely N-dealkylation sites (tertiary alicyclic amines) is 1. The molecule has 0 saturated carbocycles. The fraction of sp³-hybridized carbons (Fsp3) is 0.449. The number of amides is 7.